The van der Waals surface area contributed by atoms with Crippen LogP contribution < -0.4 is 5.73 Å². The summed E-state index contributed by atoms with van der Waals surface area (Å²) in [4.78, 5) is 3.96. The van der Waals surface area contributed by atoms with Crippen LogP contribution in [0.4, 0.5) is 10.1 Å². The van der Waals surface area contributed by atoms with Crippen molar-refractivity contribution in [3.63, 3.8) is 0 Å². The molecule has 1 aromatic heterocycles. The lowest BCUT2D eigenvalue weighted by Gasteiger charge is -2.04. The molecule has 0 saturated carbocycles. The highest BCUT2D eigenvalue weighted by atomic mass is 32.2. The fourth-order valence-electron chi connectivity index (χ4n) is 1.48. The molecule has 1 aromatic carbocycles. The third kappa shape index (κ3) is 2.85. The van der Waals surface area contributed by atoms with E-state index in [-0.39, 0.29) is 16.3 Å². The molecule has 0 radical (unpaired) electrons. The minimum atomic E-state index is -3.62. The SMILES string of the molecule is Cc1csc(CS(=O)(=O)c2cc(N)cc(F)c2)n1. The molecule has 2 rings (SSSR count). The van der Waals surface area contributed by atoms with Crippen LogP contribution in [0.5, 0.6) is 0 Å². The van der Waals surface area contributed by atoms with Gasteiger partial charge in [0.05, 0.1) is 4.90 Å². The van der Waals surface area contributed by atoms with E-state index in [9.17, 15) is 12.8 Å². The minimum absolute atomic E-state index is 0.0869. The summed E-state index contributed by atoms with van der Waals surface area (Å²) in [7, 11) is -3.62. The molecule has 0 amide bonds. The Kier molecular flexibility index (Phi) is 3.36. The Hall–Kier alpha value is -1.47. The van der Waals surface area contributed by atoms with E-state index < -0.39 is 15.7 Å². The van der Waals surface area contributed by atoms with Gasteiger partial charge in [0.2, 0.25) is 0 Å². The van der Waals surface area contributed by atoms with Crippen LogP contribution in [0.25, 0.3) is 0 Å². The molecule has 0 unspecified atom stereocenters. The van der Waals surface area contributed by atoms with Crippen molar-refractivity contribution >= 4 is 26.9 Å². The summed E-state index contributed by atoms with van der Waals surface area (Å²) in [5.74, 6) is -0.905. The molecular weight excluding hydrogens is 275 g/mol. The number of nitrogen functional groups attached to an aromatic ring is 1. The second-order valence-corrected chi connectivity index (χ2v) is 6.79. The van der Waals surface area contributed by atoms with Crippen LogP contribution in [-0.4, -0.2) is 13.4 Å². The van der Waals surface area contributed by atoms with Gasteiger partial charge in [-0.2, -0.15) is 0 Å². The first kappa shape index (κ1) is 13.0. The Morgan fingerprint density at radius 1 is 1.39 bits per heavy atom. The smallest absolute Gasteiger partial charge is 0.185 e. The van der Waals surface area contributed by atoms with Crippen molar-refractivity contribution in [2.75, 3.05) is 5.73 Å². The Labute approximate surface area is 108 Å². The molecule has 0 bridgehead atoms. The zero-order valence-corrected chi connectivity index (χ0v) is 11.2. The van der Waals surface area contributed by atoms with Crippen LogP contribution in [0, 0.1) is 12.7 Å². The lowest BCUT2D eigenvalue weighted by atomic mass is 10.3. The average Bonchev–Trinajstić information content (AvgIpc) is 2.61. The highest BCUT2D eigenvalue weighted by Gasteiger charge is 2.18. The molecule has 0 fully saturated rings. The maximum absolute atomic E-state index is 13.1. The number of nitrogens with zero attached hydrogens (tertiary/aromatic N) is 1. The molecule has 2 aromatic rings. The Morgan fingerprint density at radius 2 is 2.11 bits per heavy atom. The number of hydrogen-bond donors (Lipinski definition) is 1. The van der Waals surface area contributed by atoms with E-state index in [2.05, 4.69) is 4.98 Å². The van der Waals surface area contributed by atoms with Gasteiger partial charge in [0.15, 0.2) is 9.84 Å². The molecule has 0 aliphatic heterocycles. The van der Waals surface area contributed by atoms with Gasteiger partial charge in [-0.3, -0.25) is 0 Å². The van der Waals surface area contributed by atoms with Gasteiger partial charge in [-0.15, -0.1) is 11.3 Å². The number of aromatic nitrogens is 1. The summed E-state index contributed by atoms with van der Waals surface area (Å²) >= 11 is 1.26. The van der Waals surface area contributed by atoms with Crippen molar-refractivity contribution in [1.29, 1.82) is 0 Å². The van der Waals surface area contributed by atoms with E-state index in [1.54, 1.807) is 12.3 Å². The second kappa shape index (κ2) is 4.66. The topological polar surface area (TPSA) is 73.0 Å². The largest absolute Gasteiger partial charge is 0.399 e. The summed E-state index contributed by atoms with van der Waals surface area (Å²) in [6.45, 7) is 1.78. The molecule has 0 aliphatic carbocycles. The predicted octanol–water partition coefficient (Wildman–Crippen LogP) is 2.15. The first-order valence-corrected chi connectivity index (χ1v) is 7.60. The lowest BCUT2D eigenvalue weighted by molar-refractivity contribution is 0.590. The van der Waals surface area contributed by atoms with Crippen LogP contribution in [0.2, 0.25) is 0 Å². The summed E-state index contributed by atoms with van der Waals surface area (Å²) in [6, 6.07) is 3.29. The van der Waals surface area contributed by atoms with Crippen molar-refractivity contribution in [3.8, 4) is 0 Å². The van der Waals surface area contributed by atoms with Crippen LogP contribution in [0.15, 0.2) is 28.5 Å². The van der Waals surface area contributed by atoms with E-state index >= 15 is 0 Å². The monoisotopic (exact) mass is 286 g/mol. The van der Waals surface area contributed by atoms with E-state index in [1.807, 2.05) is 0 Å². The lowest BCUT2D eigenvalue weighted by Crippen LogP contribution is -2.06. The molecular formula is C11H11FN2O2S2. The number of aryl methyl sites for hydroxylation is 1. The molecule has 0 aliphatic rings. The van der Waals surface area contributed by atoms with E-state index in [4.69, 9.17) is 5.73 Å². The molecule has 7 heteroatoms. The first-order chi connectivity index (χ1) is 8.37. The number of rotatable bonds is 3. The second-order valence-electron chi connectivity index (χ2n) is 3.86. The fraction of sp³-hybridized carbons (Fsp3) is 0.182. The van der Waals surface area contributed by atoms with Crippen molar-refractivity contribution in [2.45, 2.75) is 17.6 Å². The van der Waals surface area contributed by atoms with Crippen molar-refractivity contribution in [3.05, 3.63) is 40.1 Å². The van der Waals surface area contributed by atoms with Gasteiger partial charge in [0, 0.05) is 16.8 Å². The zero-order valence-electron chi connectivity index (χ0n) is 9.55. The number of thiazole rings is 1. The van der Waals surface area contributed by atoms with E-state index in [0.29, 0.717) is 5.01 Å². The fourth-order valence-corrected chi connectivity index (χ4v) is 3.94. The molecule has 4 nitrogen and oxygen atoms in total. The molecule has 0 spiro atoms. The van der Waals surface area contributed by atoms with Crippen LogP contribution in [-0.2, 0) is 15.6 Å². The molecule has 2 N–H and O–H groups in total. The Bertz CT molecular complexity index is 660. The van der Waals surface area contributed by atoms with Gasteiger partial charge in [0.25, 0.3) is 0 Å². The average molecular weight is 286 g/mol. The number of benzene rings is 1. The summed E-state index contributed by atoms with van der Waals surface area (Å²) < 4.78 is 37.3. The van der Waals surface area contributed by atoms with Crippen molar-refractivity contribution in [2.24, 2.45) is 0 Å². The van der Waals surface area contributed by atoms with Crippen LogP contribution in [0.3, 0.4) is 0 Å². The van der Waals surface area contributed by atoms with Gasteiger partial charge in [-0.25, -0.2) is 17.8 Å². The molecule has 0 saturated heterocycles. The number of sulfone groups is 1. The quantitative estimate of drug-likeness (QED) is 0.877. The van der Waals surface area contributed by atoms with Gasteiger partial charge in [-0.05, 0) is 25.1 Å². The minimum Gasteiger partial charge on any atom is -0.399 e. The Morgan fingerprint density at radius 3 is 2.67 bits per heavy atom. The summed E-state index contributed by atoms with van der Waals surface area (Å²) in [6.07, 6.45) is 0. The van der Waals surface area contributed by atoms with Gasteiger partial charge in [0.1, 0.15) is 16.6 Å². The normalized spacial score (nSPS) is 11.7. The molecule has 0 atom stereocenters. The molecule has 18 heavy (non-hydrogen) atoms. The predicted molar refractivity (Wildman–Crippen MR) is 68.6 cm³/mol. The van der Waals surface area contributed by atoms with Gasteiger partial charge < -0.3 is 5.73 Å². The number of anilines is 1. The van der Waals surface area contributed by atoms with Crippen LogP contribution >= 0.6 is 11.3 Å². The first-order valence-electron chi connectivity index (χ1n) is 5.07. The highest BCUT2D eigenvalue weighted by molar-refractivity contribution is 7.90. The Balaban J connectivity index is 2.36. The van der Waals surface area contributed by atoms with E-state index in [0.717, 1.165) is 17.8 Å². The summed E-state index contributed by atoms with van der Waals surface area (Å²) in [5, 5.41) is 2.25. The van der Waals surface area contributed by atoms with Crippen molar-refractivity contribution < 1.29 is 12.8 Å². The van der Waals surface area contributed by atoms with Crippen LogP contribution in [0.1, 0.15) is 10.7 Å². The van der Waals surface area contributed by atoms with E-state index in [1.165, 1.54) is 17.4 Å². The molecule has 96 valence electrons. The maximum atomic E-state index is 13.1. The standard InChI is InChI=1S/C11H11FN2O2S2/c1-7-5-17-11(14-7)6-18(15,16)10-3-8(12)2-9(13)4-10/h2-5H,6,13H2,1H3. The number of halogens is 1. The summed E-state index contributed by atoms with van der Waals surface area (Å²) in [5.41, 5.74) is 6.29. The number of hydrogen-bond acceptors (Lipinski definition) is 5. The third-order valence-electron chi connectivity index (χ3n) is 2.23. The zero-order chi connectivity index (χ0) is 13.3. The van der Waals surface area contributed by atoms with Crippen molar-refractivity contribution in [1.82, 2.24) is 4.98 Å². The highest BCUT2D eigenvalue weighted by Crippen LogP contribution is 2.21. The molecule has 1 heterocycles. The van der Waals surface area contributed by atoms with Gasteiger partial charge in [-0.1, -0.05) is 0 Å². The third-order valence-corrected chi connectivity index (χ3v) is 4.99. The van der Waals surface area contributed by atoms with Gasteiger partial charge >= 0.3 is 0 Å². The maximum Gasteiger partial charge on any atom is 0.185 e. The number of nitrogens with two attached hydrogens (primary N) is 1.